The Balaban J connectivity index is 1.75. The molecule has 2 aromatic carbocycles. The van der Waals surface area contributed by atoms with Crippen molar-refractivity contribution in [1.29, 1.82) is 0 Å². The van der Waals surface area contributed by atoms with Gasteiger partial charge >= 0.3 is 5.97 Å². The Hall–Kier alpha value is -3.58. The van der Waals surface area contributed by atoms with Crippen LogP contribution in [0.4, 0.5) is 0 Å². The van der Waals surface area contributed by atoms with Crippen LogP contribution in [0.25, 0.3) is 0 Å². The molecule has 0 bridgehead atoms. The number of hydrogen-bond donors (Lipinski definition) is 1. The van der Waals surface area contributed by atoms with Crippen LogP contribution in [-0.2, 0) is 37.0 Å². The Morgan fingerprint density at radius 1 is 0.853 bits per heavy atom. The molecule has 0 unspecified atom stereocenters. The first kappa shape index (κ1) is 26.7. The van der Waals surface area contributed by atoms with Gasteiger partial charge in [0.15, 0.2) is 0 Å². The number of ether oxygens (including phenoxy) is 1. The third-order valence-corrected chi connectivity index (χ3v) is 5.06. The van der Waals surface area contributed by atoms with Crippen LogP contribution in [0.2, 0.25) is 0 Å². The van der Waals surface area contributed by atoms with Crippen LogP contribution in [0.15, 0.2) is 72.8 Å². The topological polar surface area (TPSA) is 92.8 Å². The van der Waals surface area contributed by atoms with Gasteiger partial charge in [0.1, 0.15) is 5.78 Å². The number of hydrogen-bond acceptors (Lipinski definition) is 6. The second kappa shape index (κ2) is 14.5. The highest BCUT2D eigenvalue weighted by Crippen LogP contribution is 2.11. The first-order valence-corrected chi connectivity index (χ1v) is 11.3. The molecular formula is C27H32N2O5. The highest BCUT2D eigenvalue weighted by Gasteiger charge is 2.16. The van der Waals surface area contributed by atoms with Crippen LogP contribution in [0.3, 0.4) is 0 Å². The monoisotopic (exact) mass is 464 g/mol. The standard InChI is InChI=1S/C27H32N2O5/c1-21(2)27(33)34-18-15-24(30)13-16-28-26(32)25(31)14-17-29(19-22-9-5-3-6-10-22)20-23-11-7-4-8-12-23/h3-12H,1,13-20H2,2H3,(H,28,32). The average Bonchev–Trinajstić information content (AvgIpc) is 2.83. The third kappa shape index (κ3) is 10.4. The molecule has 7 nitrogen and oxygen atoms in total. The van der Waals surface area contributed by atoms with Crippen LogP contribution in [0.1, 0.15) is 37.3 Å². The Kier molecular flexibility index (Phi) is 11.4. The number of nitrogens with zero attached hydrogens (tertiary/aromatic N) is 1. The maximum atomic E-state index is 12.3. The van der Waals surface area contributed by atoms with Gasteiger partial charge in [-0.25, -0.2) is 4.79 Å². The number of rotatable bonds is 15. The van der Waals surface area contributed by atoms with Crippen molar-refractivity contribution in [3.8, 4) is 0 Å². The van der Waals surface area contributed by atoms with E-state index in [0.29, 0.717) is 19.6 Å². The molecule has 1 N–H and O–H groups in total. The number of benzene rings is 2. The Morgan fingerprint density at radius 2 is 1.41 bits per heavy atom. The van der Waals surface area contributed by atoms with Gasteiger partial charge in [-0.05, 0) is 18.1 Å². The molecule has 0 aliphatic rings. The zero-order valence-corrected chi connectivity index (χ0v) is 19.6. The minimum atomic E-state index is -0.694. The molecule has 1 amide bonds. The quantitative estimate of drug-likeness (QED) is 0.247. The Morgan fingerprint density at radius 3 is 1.94 bits per heavy atom. The van der Waals surface area contributed by atoms with Crippen LogP contribution in [-0.4, -0.2) is 48.0 Å². The summed E-state index contributed by atoms with van der Waals surface area (Å²) in [6.07, 6.45) is 0.199. The maximum absolute atomic E-state index is 12.3. The molecule has 0 aliphatic carbocycles. The number of Topliss-reactive ketones (excluding diaryl/α,β-unsaturated/α-hetero) is 2. The molecule has 180 valence electrons. The highest BCUT2D eigenvalue weighted by molar-refractivity contribution is 6.36. The molecule has 2 aromatic rings. The van der Waals surface area contributed by atoms with E-state index in [1.165, 1.54) is 6.92 Å². The van der Waals surface area contributed by atoms with Crippen molar-refractivity contribution >= 4 is 23.4 Å². The molecule has 0 aliphatic heterocycles. The smallest absolute Gasteiger partial charge is 0.333 e. The largest absolute Gasteiger partial charge is 0.462 e. The molecular weight excluding hydrogens is 432 g/mol. The van der Waals surface area contributed by atoms with Gasteiger partial charge in [-0.3, -0.25) is 19.3 Å². The highest BCUT2D eigenvalue weighted by atomic mass is 16.5. The lowest BCUT2D eigenvalue weighted by Crippen LogP contribution is -2.35. The van der Waals surface area contributed by atoms with Gasteiger partial charge in [-0.2, -0.15) is 0 Å². The lowest BCUT2D eigenvalue weighted by atomic mass is 10.1. The number of carbonyl (C=O) groups is 4. The summed E-state index contributed by atoms with van der Waals surface area (Å²) in [6.45, 7) is 6.78. The van der Waals surface area contributed by atoms with Gasteiger partial charge in [-0.15, -0.1) is 0 Å². The van der Waals surface area contributed by atoms with Gasteiger partial charge in [0.2, 0.25) is 5.78 Å². The van der Waals surface area contributed by atoms with E-state index in [2.05, 4.69) is 16.8 Å². The SMILES string of the molecule is C=C(C)C(=O)OCCC(=O)CCNC(=O)C(=O)CCN(Cc1ccccc1)Cc1ccccc1. The number of nitrogens with one attached hydrogen (secondary N) is 1. The normalized spacial score (nSPS) is 10.5. The predicted octanol–water partition coefficient (Wildman–Crippen LogP) is 3.23. The van der Waals surface area contributed by atoms with Crippen molar-refractivity contribution in [3.05, 3.63) is 83.9 Å². The van der Waals surface area contributed by atoms with Crippen LogP contribution in [0, 0.1) is 0 Å². The molecule has 0 spiro atoms. The number of amides is 1. The molecule has 0 saturated carbocycles. The summed E-state index contributed by atoms with van der Waals surface area (Å²) in [5, 5.41) is 2.50. The summed E-state index contributed by atoms with van der Waals surface area (Å²) in [5.41, 5.74) is 2.52. The second-order valence-corrected chi connectivity index (χ2v) is 8.07. The summed E-state index contributed by atoms with van der Waals surface area (Å²) < 4.78 is 4.87. The van der Waals surface area contributed by atoms with E-state index in [0.717, 1.165) is 11.1 Å². The molecule has 2 rings (SSSR count). The van der Waals surface area contributed by atoms with E-state index in [4.69, 9.17) is 4.74 Å². The summed E-state index contributed by atoms with van der Waals surface area (Å²) in [4.78, 5) is 49.8. The first-order chi connectivity index (χ1) is 16.3. The molecule has 0 fully saturated rings. The summed E-state index contributed by atoms with van der Waals surface area (Å²) in [6, 6.07) is 19.9. The lowest BCUT2D eigenvalue weighted by molar-refractivity contribution is -0.139. The van der Waals surface area contributed by atoms with Crippen molar-refractivity contribution in [2.24, 2.45) is 0 Å². The van der Waals surface area contributed by atoms with E-state index < -0.39 is 17.7 Å². The van der Waals surface area contributed by atoms with Crippen molar-refractivity contribution in [1.82, 2.24) is 10.2 Å². The molecule has 7 heteroatoms. The maximum Gasteiger partial charge on any atom is 0.333 e. The van der Waals surface area contributed by atoms with Crippen molar-refractivity contribution in [3.63, 3.8) is 0 Å². The Labute approximate surface area is 200 Å². The summed E-state index contributed by atoms with van der Waals surface area (Å²) >= 11 is 0. The number of carbonyl (C=O) groups excluding carboxylic acids is 4. The minimum Gasteiger partial charge on any atom is -0.462 e. The second-order valence-electron chi connectivity index (χ2n) is 8.07. The zero-order valence-electron chi connectivity index (χ0n) is 19.6. The first-order valence-electron chi connectivity index (χ1n) is 11.3. The lowest BCUT2D eigenvalue weighted by Gasteiger charge is -2.22. The number of ketones is 2. The van der Waals surface area contributed by atoms with Crippen molar-refractivity contribution in [2.45, 2.75) is 39.3 Å². The third-order valence-electron chi connectivity index (χ3n) is 5.06. The van der Waals surface area contributed by atoms with Gasteiger partial charge in [-0.1, -0.05) is 67.2 Å². The van der Waals surface area contributed by atoms with Crippen molar-refractivity contribution in [2.75, 3.05) is 19.7 Å². The molecule has 0 saturated heterocycles. The van der Waals surface area contributed by atoms with Crippen LogP contribution < -0.4 is 5.32 Å². The molecule has 0 heterocycles. The van der Waals surface area contributed by atoms with Gasteiger partial charge < -0.3 is 10.1 Å². The molecule has 0 radical (unpaired) electrons. The van der Waals surface area contributed by atoms with Crippen LogP contribution >= 0.6 is 0 Å². The number of esters is 1. The molecule has 0 aromatic heterocycles. The Bertz CT molecular complexity index is 932. The van der Waals surface area contributed by atoms with Gasteiger partial charge in [0, 0.05) is 51.0 Å². The fourth-order valence-corrected chi connectivity index (χ4v) is 3.19. The molecule has 0 atom stereocenters. The molecule has 34 heavy (non-hydrogen) atoms. The van der Waals surface area contributed by atoms with E-state index in [9.17, 15) is 19.2 Å². The van der Waals surface area contributed by atoms with E-state index >= 15 is 0 Å². The fourth-order valence-electron chi connectivity index (χ4n) is 3.19. The predicted molar refractivity (Wildman–Crippen MR) is 130 cm³/mol. The van der Waals surface area contributed by atoms with E-state index in [-0.39, 0.29) is 43.8 Å². The average molecular weight is 465 g/mol. The van der Waals surface area contributed by atoms with Crippen LogP contribution in [0.5, 0.6) is 0 Å². The van der Waals surface area contributed by atoms with Gasteiger partial charge in [0.25, 0.3) is 5.91 Å². The zero-order chi connectivity index (χ0) is 24.8. The summed E-state index contributed by atoms with van der Waals surface area (Å²) in [5.74, 6) is -1.92. The van der Waals surface area contributed by atoms with E-state index in [1.54, 1.807) is 0 Å². The van der Waals surface area contributed by atoms with Gasteiger partial charge in [0.05, 0.1) is 6.61 Å². The minimum absolute atomic E-state index is 0.0317. The fraction of sp³-hybridized carbons (Fsp3) is 0.333. The summed E-state index contributed by atoms with van der Waals surface area (Å²) in [7, 11) is 0. The van der Waals surface area contributed by atoms with E-state index in [1.807, 2.05) is 60.7 Å². The van der Waals surface area contributed by atoms with Crippen molar-refractivity contribution < 1.29 is 23.9 Å².